The third kappa shape index (κ3) is 2.00. The van der Waals surface area contributed by atoms with E-state index in [0.717, 1.165) is 0 Å². The third-order valence-electron chi connectivity index (χ3n) is 2.98. The van der Waals surface area contributed by atoms with Crippen molar-refractivity contribution in [3.8, 4) is 5.75 Å². The van der Waals surface area contributed by atoms with Gasteiger partial charge in [-0.15, -0.1) is 0 Å². The fraction of sp³-hybridized carbons (Fsp3) is 0.364. The van der Waals surface area contributed by atoms with Crippen molar-refractivity contribution < 1.29 is 19.6 Å². The summed E-state index contributed by atoms with van der Waals surface area (Å²) in [6.07, 6.45) is 0.309. The van der Waals surface area contributed by atoms with Crippen LogP contribution in [-0.2, 0) is 22.5 Å². The maximum atomic E-state index is 11.4. The molecule has 1 atom stereocenters. The number of nitro groups is 1. The highest BCUT2D eigenvalue weighted by Crippen LogP contribution is 2.34. The molecular formula is C11H12N2O5. The van der Waals surface area contributed by atoms with Crippen molar-refractivity contribution in [1.29, 1.82) is 0 Å². The van der Waals surface area contributed by atoms with Crippen LogP contribution in [-0.4, -0.2) is 29.2 Å². The summed E-state index contributed by atoms with van der Waals surface area (Å²) >= 11 is 0. The number of phenolic OH excluding ortho intramolecular Hbond substituents is 1. The number of methoxy groups -OCH3 is 1. The zero-order chi connectivity index (χ0) is 13.3. The number of nitrogens with zero attached hydrogens (tertiary/aromatic N) is 1. The fourth-order valence-corrected chi connectivity index (χ4v) is 2.08. The van der Waals surface area contributed by atoms with Crippen LogP contribution in [0, 0.1) is 10.1 Å². The predicted molar refractivity (Wildman–Crippen MR) is 61.1 cm³/mol. The second-order valence-electron chi connectivity index (χ2n) is 3.99. The van der Waals surface area contributed by atoms with Gasteiger partial charge in [0.15, 0.2) is 5.75 Å². The van der Waals surface area contributed by atoms with Crippen LogP contribution in [0.3, 0.4) is 0 Å². The van der Waals surface area contributed by atoms with Crippen molar-refractivity contribution in [3.05, 3.63) is 33.4 Å². The van der Waals surface area contributed by atoms with E-state index in [1.807, 2.05) is 0 Å². The first kappa shape index (κ1) is 12.3. The van der Waals surface area contributed by atoms with E-state index in [0.29, 0.717) is 17.5 Å². The normalized spacial score (nSPS) is 17.9. The van der Waals surface area contributed by atoms with Gasteiger partial charge in [-0.1, -0.05) is 6.07 Å². The van der Waals surface area contributed by atoms with Crippen molar-refractivity contribution >= 4 is 11.7 Å². The molecule has 1 aliphatic heterocycles. The maximum absolute atomic E-state index is 11.4. The molecule has 0 bridgehead atoms. The van der Waals surface area contributed by atoms with E-state index in [1.165, 1.54) is 13.2 Å². The van der Waals surface area contributed by atoms with E-state index < -0.39 is 16.9 Å². The minimum absolute atomic E-state index is 0.153. The number of esters is 1. The van der Waals surface area contributed by atoms with Crippen LogP contribution < -0.4 is 5.32 Å². The lowest BCUT2D eigenvalue weighted by Gasteiger charge is -2.24. The van der Waals surface area contributed by atoms with Gasteiger partial charge in [-0.05, 0) is 18.1 Å². The number of nitro benzene ring substituents is 1. The molecule has 18 heavy (non-hydrogen) atoms. The van der Waals surface area contributed by atoms with Crippen molar-refractivity contribution in [2.75, 3.05) is 7.11 Å². The molecule has 1 aromatic rings. The molecular weight excluding hydrogens is 240 g/mol. The molecule has 0 amide bonds. The molecule has 0 fully saturated rings. The number of rotatable bonds is 2. The van der Waals surface area contributed by atoms with Gasteiger partial charge in [0, 0.05) is 6.54 Å². The Kier molecular flexibility index (Phi) is 3.15. The number of hydrogen-bond donors (Lipinski definition) is 2. The van der Waals surface area contributed by atoms with Gasteiger partial charge in [0.05, 0.1) is 17.6 Å². The average molecular weight is 252 g/mol. The number of benzene rings is 1. The zero-order valence-corrected chi connectivity index (χ0v) is 9.67. The van der Waals surface area contributed by atoms with Crippen LogP contribution in [0.4, 0.5) is 5.69 Å². The van der Waals surface area contributed by atoms with Gasteiger partial charge in [0.2, 0.25) is 0 Å². The Morgan fingerprint density at radius 3 is 2.94 bits per heavy atom. The number of aromatic hydroxyl groups is 1. The largest absolute Gasteiger partial charge is 0.502 e. The predicted octanol–water partition coefficient (Wildman–Crippen LogP) is 0.488. The van der Waals surface area contributed by atoms with E-state index >= 15 is 0 Å². The fourth-order valence-electron chi connectivity index (χ4n) is 2.08. The summed E-state index contributed by atoms with van der Waals surface area (Å²) in [5.74, 6) is -0.770. The van der Waals surface area contributed by atoms with E-state index in [4.69, 9.17) is 0 Å². The van der Waals surface area contributed by atoms with E-state index in [9.17, 15) is 20.0 Å². The molecule has 0 spiro atoms. The number of ether oxygens (including phenoxy) is 1. The molecule has 1 aliphatic rings. The summed E-state index contributed by atoms with van der Waals surface area (Å²) in [4.78, 5) is 21.7. The molecule has 1 aromatic carbocycles. The Labute approximate surface area is 103 Å². The van der Waals surface area contributed by atoms with E-state index in [1.54, 1.807) is 6.07 Å². The molecule has 7 nitrogen and oxygen atoms in total. The minimum Gasteiger partial charge on any atom is -0.502 e. The summed E-state index contributed by atoms with van der Waals surface area (Å²) in [7, 11) is 1.29. The highest BCUT2D eigenvalue weighted by atomic mass is 16.6. The minimum atomic E-state index is -0.617. The van der Waals surface area contributed by atoms with Gasteiger partial charge in [-0.2, -0.15) is 0 Å². The summed E-state index contributed by atoms with van der Waals surface area (Å²) < 4.78 is 4.62. The van der Waals surface area contributed by atoms with Gasteiger partial charge in [-0.3, -0.25) is 20.2 Å². The second kappa shape index (κ2) is 4.61. The number of carbonyl (C=O) groups is 1. The van der Waals surface area contributed by atoms with Crippen molar-refractivity contribution in [2.24, 2.45) is 0 Å². The third-order valence-corrected chi connectivity index (χ3v) is 2.98. The van der Waals surface area contributed by atoms with Gasteiger partial charge >= 0.3 is 11.7 Å². The van der Waals surface area contributed by atoms with Gasteiger partial charge in [-0.25, -0.2) is 0 Å². The second-order valence-corrected chi connectivity index (χ2v) is 3.99. The lowest BCUT2D eigenvalue weighted by molar-refractivity contribution is -0.386. The molecule has 2 rings (SSSR count). The Balaban J connectivity index is 2.38. The van der Waals surface area contributed by atoms with Crippen LogP contribution in [0.25, 0.3) is 0 Å². The van der Waals surface area contributed by atoms with Gasteiger partial charge < -0.3 is 9.84 Å². The molecule has 96 valence electrons. The molecule has 0 aliphatic carbocycles. The van der Waals surface area contributed by atoms with Crippen molar-refractivity contribution in [3.63, 3.8) is 0 Å². The number of fused-ring (bicyclic) bond motifs is 1. The molecule has 0 aromatic heterocycles. The quantitative estimate of drug-likeness (QED) is 0.451. The Hall–Kier alpha value is -2.15. The lowest BCUT2D eigenvalue weighted by Crippen LogP contribution is -2.42. The standard InChI is InChI=1S/C11H12N2O5/c1-18-11(15)8-4-6-2-3-9(14)10(13(16)17)7(6)5-12-8/h2-3,8,12,14H,4-5H2,1H3. The molecule has 7 heteroatoms. The van der Waals surface area contributed by atoms with E-state index in [-0.39, 0.29) is 18.0 Å². The summed E-state index contributed by atoms with van der Waals surface area (Å²) in [6, 6.07) is 2.36. The highest BCUT2D eigenvalue weighted by Gasteiger charge is 2.31. The van der Waals surface area contributed by atoms with Crippen LogP contribution in [0.1, 0.15) is 11.1 Å². The van der Waals surface area contributed by atoms with Crippen LogP contribution in [0.2, 0.25) is 0 Å². The summed E-state index contributed by atoms with van der Waals surface area (Å²) in [6.45, 7) is 0.153. The Morgan fingerprint density at radius 1 is 1.61 bits per heavy atom. The number of phenols is 1. The topological polar surface area (TPSA) is 102 Å². The van der Waals surface area contributed by atoms with Crippen molar-refractivity contribution in [1.82, 2.24) is 5.32 Å². The van der Waals surface area contributed by atoms with Gasteiger partial charge in [0.25, 0.3) is 0 Å². The highest BCUT2D eigenvalue weighted by molar-refractivity contribution is 5.77. The number of hydrogen-bond acceptors (Lipinski definition) is 6. The SMILES string of the molecule is COC(=O)C1Cc2ccc(O)c([N+](=O)[O-])c2CN1. The Bertz CT molecular complexity index is 514. The lowest BCUT2D eigenvalue weighted by atomic mass is 9.94. The summed E-state index contributed by atoms with van der Waals surface area (Å²) in [5, 5.41) is 23.2. The first-order chi connectivity index (χ1) is 8.54. The number of nitrogens with one attached hydrogen (secondary N) is 1. The monoisotopic (exact) mass is 252 g/mol. The van der Waals surface area contributed by atoms with Crippen LogP contribution >= 0.6 is 0 Å². The molecule has 0 radical (unpaired) electrons. The molecule has 2 N–H and O–H groups in total. The van der Waals surface area contributed by atoms with Gasteiger partial charge in [0.1, 0.15) is 6.04 Å². The average Bonchev–Trinajstić information content (AvgIpc) is 2.36. The maximum Gasteiger partial charge on any atom is 0.323 e. The first-order valence-electron chi connectivity index (χ1n) is 5.34. The first-order valence-corrected chi connectivity index (χ1v) is 5.34. The smallest absolute Gasteiger partial charge is 0.323 e. The van der Waals surface area contributed by atoms with E-state index in [2.05, 4.69) is 10.1 Å². The molecule has 1 heterocycles. The zero-order valence-electron chi connectivity index (χ0n) is 9.67. The molecule has 1 unspecified atom stereocenters. The number of carbonyl (C=O) groups excluding carboxylic acids is 1. The van der Waals surface area contributed by atoms with Crippen molar-refractivity contribution in [2.45, 2.75) is 19.0 Å². The Morgan fingerprint density at radius 2 is 2.33 bits per heavy atom. The molecule has 0 saturated heterocycles. The van der Waals surface area contributed by atoms with Crippen LogP contribution in [0.5, 0.6) is 5.75 Å². The molecule has 0 saturated carbocycles. The summed E-state index contributed by atoms with van der Waals surface area (Å²) in [5.41, 5.74) is 0.789. The van der Waals surface area contributed by atoms with Crippen LogP contribution in [0.15, 0.2) is 12.1 Å².